The average molecular weight is 586 g/mol. The molecule has 0 bridgehead atoms. The van der Waals surface area contributed by atoms with Crippen LogP contribution in [0.2, 0.25) is 0 Å². The van der Waals surface area contributed by atoms with E-state index in [1.54, 1.807) is 23.0 Å². The van der Waals surface area contributed by atoms with Gasteiger partial charge in [-0.2, -0.15) is 10.1 Å². The maximum atomic E-state index is 12.8. The molecule has 2 aliphatic rings. The first-order valence-electron chi connectivity index (χ1n) is 13.5. The molecule has 1 aromatic carbocycles. The van der Waals surface area contributed by atoms with Crippen LogP contribution in [0.15, 0.2) is 63.4 Å². The summed E-state index contributed by atoms with van der Waals surface area (Å²) < 4.78 is 14.0. The zero-order chi connectivity index (χ0) is 28.8. The second kappa shape index (κ2) is 10.7. The number of carboxylic acids is 1. The molecule has 7 rings (SSSR count). The topological polar surface area (TPSA) is 139 Å². The van der Waals surface area contributed by atoms with E-state index in [0.29, 0.717) is 67.3 Å². The van der Waals surface area contributed by atoms with Gasteiger partial charge in [0.1, 0.15) is 10.7 Å². The lowest BCUT2D eigenvalue weighted by molar-refractivity contribution is -0.137. The van der Waals surface area contributed by atoms with Crippen LogP contribution in [0.4, 0.5) is 17.5 Å². The number of aliphatic carboxylic acids is 1. The quantitative estimate of drug-likeness (QED) is 0.258. The van der Waals surface area contributed by atoms with Gasteiger partial charge in [0.2, 0.25) is 11.4 Å². The highest BCUT2D eigenvalue weighted by molar-refractivity contribution is 7.17. The van der Waals surface area contributed by atoms with Crippen LogP contribution in [0.1, 0.15) is 11.3 Å². The Kier molecular flexibility index (Phi) is 6.69. The Morgan fingerprint density at radius 3 is 2.76 bits per heavy atom. The third-order valence-electron chi connectivity index (χ3n) is 7.45. The Balaban J connectivity index is 1.08. The summed E-state index contributed by atoms with van der Waals surface area (Å²) in [7, 11) is 0. The van der Waals surface area contributed by atoms with Gasteiger partial charge >= 0.3 is 5.97 Å². The van der Waals surface area contributed by atoms with Crippen molar-refractivity contribution in [3.8, 4) is 16.9 Å². The van der Waals surface area contributed by atoms with Crippen LogP contribution in [0, 0.1) is 6.92 Å². The van der Waals surface area contributed by atoms with Crippen molar-refractivity contribution in [2.45, 2.75) is 19.5 Å². The summed E-state index contributed by atoms with van der Waals surface area (Å²) in [6, 6.07) is 10.7. The highest BCUT2D eigenvalue weighted by Gasteiger charge is 2.40. The van der Waals surface area contributed by atoms with Crippen LogP contribution >= 0.6 is 11.3 Å². The van der Waals surface area contributed by atoms with Gasteiger partial charge in [-0.25, -0.2) is 9.67 Å². The fourth-order valence-corrected chi connectivity index (χ4v) is 5.95. The largest absolute Gasteiger partial charge is 0.480 e. The number of rotatable bonds is 8. The molecule has 2 N–H and O–H groups in total. The number of benzene rings is 1. The number of aromatic nitrogens is 4. The molecule has 2 unspecified atom stereocenters. The predicted molar refractivity (Wildman–Crippen MR) is 158 cm³/mol. The molecule has 6 heterocycles. The third kappa shape index (κ3) is 5.13. The number of nitrogens with zero attached hydrogens (tertiary/aromatic N) is 6. The summed E-state index contributed by atoms with van der Waals surface area (Å²) in [5.74, 6) is 0.774. The minimum atomic E-state index is -0.798. The maximum absolute atomic E-state index is 12.8. The number of carboxylic acid groups (broad SMARTS) is 1. The van der Waals surface area contributed by atoms with E-state index in [-0.39, 0.29) is 5.43 Å². The van der Waals surface area contributed by atoms with E-state index >= 15 is 0 Å². The Hall–Kier alpha value is -4.59. The number of hydrogen-bond acceptors (Lipinski definition) is 11. The van der Waals surface area contributed by atoms with Gasteiger partial charge in [0.25, 0.3) is 0 Å². The normalized spacial score (nSPS) is 18.4. The van der Waals surface area contributed by atoms with Gasteiger partial charge in [0.15, 0.2) is 17.3 Å². The molecule has 0 amide bonds. The van der Waals surface area contributed by atoms with E-state index in [9.17, 15) is 9.59 Å². The zero-order valence-electron chi connectivity index (χ0n) is 22.7. The second-order valence-corrected chi connectivity index (χ2v) is 11.1. The van der Waals surface area contributed by atoms with E-state index in [1.165, 1.54) is 11.3 Å². The molecule has 0 radical (unpaired) electrons. The van der Waals surface area contributed by atoms with Crippen LogP contribution in [-0.4, -0.2) is 74.6 Å². The smallest absolute Gasteiger partial charge is 0.322 e. The van der Waals surface area contributed by atoms with Crippen molar-refractivity contribution in [2.24, 2.45) is 0 Å². The van der Waals surface area contributed by atoms with Crippen LogP contribution in [0.3, 0.4) is 0 Å². The summed E-state index contributed by atoms with van der Waals surface area (Å²) in [5, 5.41) is 18.9. The van der Waals surface area contributed by atoms with Gasteiger partial charge < -0.3 is 24.5 Å². The average Bonchev–Trinajstić information content (AvgIpc) is 3.49. The van der Waals surface area contributed by atoms with Gasteiger partial charge in [-0.15, -0.1) is 11.3 Å². The van der Waals surface area contributed by atoms with Crippen molar-refractivity contribution in [3.05, 3.63) is 75.7 Å². The molecule has 2 saturated heterocycles. The highest BCUT2D eigenvalue weighted by Crippen LogP contribution is 2.35. The zero-order valence-corrected chi connectivity index (χ0v) is 23.5. The lowest BCUT2D eigenvalue weighted by atomic mass is 10.1. The maximum Gasteiger partial charge on any atom is 0.322 e. The number of thiophene rings is 1. The number of hydrogen-bond donors (Lipinski definition) is 2. The molecule has 2 atom stereocenters. The summed E-state index contributed by atoms with van der Waals surface area (Å²) in [4.78, 5) is 36.9. The first-order valence-corrected chi connectivity index (χ1v) is 14.4. The molecule has 5 aromatic rings. The Bertz CT molecular complexity index is 1840. The number of aryl methyl sites for hydroxylation is 1. The van der Waals surface area contributed by atoms with Gasteiger partial charge in [-0.3, -0.25) is 14.5 Å². The molecular weight excluding hydrogens is 558 g/mol. The Morgan fingerprint density at radius 2 is 2.00 bits per heavy atom. The van der Waals surface area contributed by atoms with Gasteiger partial charge in [0, 0.05) is 72.9 Å². The number of carbonyl (C=O) groups is 1. The molecule has 2 fully saturated rings. The van der Waals surface area contributed by atoms with Crippen molar-refractivity contribution < 1.29 is 19.1 Å². The number of fused-ring (bicyclic) bond motifs is 1. The molecule has 0 aliphatic carbocycles. The van der Waals surface area contributed by atoms with Gasteiger partial charge in [-0.05, 0) is 24.6 Å². The molecule has 0 saturated carbocycles. The minimum absolute atomic E-state index is 0.0432. The molecular formula is C29H27N7O5S. The van der Waals surface area contributed by atoms with Crippen LogP contribution in [-0.2, 0) is 16.1 Å². The van der Waals surface area contributed by atoms with E-state index in [1.807, 2.05) is 52.6 Å². The minimum Gasteiger partial charge on any atom is -0.480 e. The molecule has 214 valence electrons. The van der Waals surface area contributed by atoms with Crippen molar-refractivity contribution in [3.63, 3.8) is 0 Å². The van der Waals surface area contributed by atoms with Crippen LogP contribution in [0.5, 0.6) is 0 Å². The third-order valence-corrected chi connectivity index (χ3v) is 8.43. The summed E-state index contributed by atoms with van der Waals surface area (Å²) in [6.07, 6.45) is 3.54. The molecule has 13 heteroatoms. The fraction of sp³-hybridized carbons (Fsp3) is 0.276. The van der Waals surface area contributed by atoms with Crippen LogP contribution < -0.4 is 15.6 Å². The van der Waals surface area contributed by atoms with Crippen molar-refractivity contribution in [1.29, 1.82) is 0 Å². The number of morpholine rings is 1. The van der Waals surface area contributed by atoms with E-state index in [0.717, 1.165) is 28.1 Å². The second-order valence-electron chi connectivity index (χ2n) is 10.3. The lowest BCUT2D eigenvalue weighted by Crippen LogP contribution is -2.36. The number of ether oxygens (including phenoxy) is 1. The molecule has 4 aromatic heterocycles. The standard InChI is InChI=1S/C29H27N7O5S/c1-17-19(13-35-15-22(35)28(38)39)14-36(33-17)24-6-7-30-29(32-24)31-20-4-2-18(3-5-20)21-16-42-27-23(37)12-25(41-26(21)27)34-8-10-40-11-9-34/h2-7,12,14,16,22H,8-11,13,15H2,1H3,(H,38,39)(H,30,31,32). The monoisotopic (exact) mass is 585 g/mol. The van der Waals surface area contributed by atoms with Gasteiger partial charge in [-0.1, -0.05) is 12.1 Å². The molecule has 0 spiro atoms. The van der Waals surface area contributed by atoms with E-state index in [2.05, 4.69) is 20.4 Å². The van der Waals surface area contributed by atoms with Gasteiger partial charge in [0.05, 0.1) is 18.9 Å². The Morgan fingerprint density at radius 1 is 1.19 bits per heavy atom. The Labute approximate surface area is 243 Å². The highest BCUT2D eigenvalue weighted by atomic mass is 32.1. The SMILES string of the molecule is Cc1nn(-c2ccnc(Nc3ccc(-c4csc5c(=O)cc(N6CCOCC6)oc45)cc3)n2)cc1CN1CC1C(=O)O. The summed E-state index contributed by atoms with van der Waals surface area (Å²) in [6.45, 7) is 5.56. The van der Waals surface area contributed by atoms with E-state index < -0.39 is 12.0 Å². The number of nitrogens with one attached hydrogen (secondary N) is 1. The lowest BCUT2D eigenvalue weighted by Gasteiger charge is -2.27. The summed E-state index contributed by atoms with van der Waals surface area (Å²) in [5.41, 5.74) is 4.92. The van der Waals surface area contributed by atoms with E-state index in [4.69, 9.17) is 14.3 Å². The fourth-order valence-electron chi connectivity index (χ4n) is 5.04. The summed E-state index contributed by atoms with van der Waals surface area (Å²) >= 11 is 1.39. The molecule has 42 heavy (non-hydrogen) atoms. The van der Waals surface area contributed by atoms with Crippen molar-refractivity contribution >= 4 is 45.1 Å². The number of anilines is 3. The first-order chi connectivity index (χ1) is 20.4. The van der Waals surface area contributed by atoms with Crippen molar-refractivity contribution in [1.82, 2.24) is 24.6 Å². The predicted octanol–water partition coefficient (Wildman–Crippen LogP) is 3.65. The van der Waals surface area contributed by atoms with Crippen molar-refractivity contribution in [2.75, 3.05) is 43.1 Å². The van der Waals surface area contributed by atoms with Crippen LogP contribution in [0.25, 0.3) is 27.2 Å². The molecule has 12 nitrogen and oxygen atoms in total. The molecule has 2 aliphatic heterocycles. The first kappa shape index (κ1) is 26.3.